The minimum atomic E-state index is -4.36. The molecule has 20 heavy (non-hydrogen) atoms. The summed E-state index contributed by atoms with van der Waals surface area (Å²) < 4.78 is 36.3. The average molecular weight is 308 g/mol. The zero-order chi connectivity index (χ0) is 15.2. The van der Waals surface area contributed by atoms with Crippen molar-refractivity contribution in [3.63, 3.8) is 0 Å². The maximum absolute atomic E-state index is 12.1. The molecule has 0 N–H and O–H groups in total. The Morgan fingerprint density at radius 2 is 1.80 bits per heavy atom. The van der Waals surface area contributed by atoms with Gasteiger partial charge in [-0.1, -0.05) is 17.7 Å². The second kappa shape index (κ2) is 7.53. The summed E-state index contributed by atoms with van der Waals surface area (Å²) in [6, 6.07) is 3.66. The fourth-order valence-corrected chi connectivity index (χ4v) is 2.22. The van der Waals surface area contributed by atoms with E-state index in [1.807, 2.05) is 4.90 Å². The molecule has 1 heterocycles. The summed E-state index contributed by atoms with van der Waals surface area (Å²) in [4.78, 5) is 11.9. The van der Waals surface area contributed by atoms with Gasteiger partial charge in [0, 0.05) is 13.1 Å². The zero-order valence-electron chi connectivity index (χ0n) is 11.2. The van der Waals surface area contributed by atoms with E-state index in [0.29, 0.717) is 5.56 Å². The quantitative estimate of drug-likeness (QED) is 0.709. The normalized spacial score (nSPS) is 15.3. The van der Waals surface area contributed by atoms with Crippen molar-refractivity contribution in [2.24, 2.45) is 0 Å². The Labute approximate surface area is 121 Å². The van der Waals surface area contributed by atoms with Gasteiger partial charge in [0.2, 0.25) is 6.41 Å². The number of halogens is 4. The van der Waals surface area contributed by atoms with E-state index in [2.05, 4.69) is 0 Å². The van der Waals surface area contributed by atoms with Crippen molar-refractivity contribution in [2.75, 3.05) is 13.1 Å². The minimum absolute atomic E-state index is 0.248. The highest BCUT2D eigenvalue weighted by Gasteiger charge is 2.32. The molecule has 0 radical (unpaired) electrons. The molecule has 0 spiro atoms. The third-order valence-electron chi connectivity index (χ3n) is 2.97. The number of carbonyl (C=O) groups is 1. The molecular weight excluding hydrogens is 291 g/mol. The maximum atomic E-state index is 12.1. The lowest BCUT2D eigenvalue weighted by atomic mass is 10.1. The zero-order valence-corrected chi connectivity index (χ0v) is 12.0. The highest BCUT2D eigenvalue weighted by molar-refractivity contribution is 6.31. The van der Waals surface area contributed by atoms with Gasteiger partial charge in [0.25, 0.3) is 0 Å². The second-order valence-electron chi connectivity index (χ2n) is 4.68. The van der Waals surface area contributed by atoms with Gasteiger partial charge < -0.3 is 4.90 Å². The van der Waals surface area contributed by atoms with Gasteiger partial charge in [-0.3, -0.25) is 4.79 Å². The van der Waals surface area contributed by atoms with Gasteiger partial charge in [0.05, 0.1) is 10.6 Å². The number of piperidine rings is 1. The molecule has 2 nitrogen and oxygen atoms in total. The van der Waals surface area contributed by atoms with Crippen LogP contribution in [0.1, 0.15) is 30.4 Å². The van der Waals surface area contributed by atoms with Crippen molar-refractivity contribution < 1.29 is 18.0 Å². The second-order valence-corrected chi connectivity index (χ2v) is 5.09. The number of carbonyl (C=O) groups excluding carboxylic acids is 1. The number of aryl methyl sites for hydroxylation is 1. The molecule has 6 heteroatoms. The molecule has 0 aliphatic carbocycles. The van der Waals surface area contributed by atoms with Crippen molar-refractivity contribution in [1.82, 2.24) is 4.90 Å². The highest BCUT2D eigenvalue weighted by Crippen LogP contribution is 2.34. The lowest BCUT2D eigenvalue weighted by molar-refractivity contribution is -0.137. The summed E-state index contributed by atoms with van der Waals surface area (Å²) in [6.45, 7) is 3.64. The van der Waals surface area contributed by atoms with Crippen LogP contribution >= 0.6 is 11.6 Å². The van der Waals surface area contributed by atoms with Crippen LogP contribution in [0.4, 0.5) is 13.2 Å². The van der Waals surface area contributed by atoms with Crippen LogP contribution < -0.4 is 0 Å². The molecule has 1 aromatic carbocycles. The Kier molecular flexibility index (Phi) is 6.33. The van der Waals surface area contributed by atoms with Crippen molar-refractivity contribution >= 4 is 18.0 Å². The van der Waals surface area contributed by atoms with Gasteiger partial charge in [0.1, 0.15) is 0 Å². The Morgan fingerprint density at radius 1 is 1.20 bits per heavy atom. The molecular formula is C14H17ClF3NO. The van der Waals surface area contributed by atoms with Crippen molar-refractivity contribution in [2.45, 2.75) is 32.4 Å². The Bertz CT molecular complexity index is 443. The number of likely N-dealkylation sites (tertiary alicyclic amines) is 1. The average Bonchev–Trinajstić information content (AvgIpc) is 2.38. The number of rotatable bonds is 1. The summed E-state index contributed by atoms with van der Waals surface area (Å²) in [7, 11) is 0. The van der Waals surface area contributed by atoms with Crippen LogP contribution in [0.15, 0.2) is 18.2 Å². The van der Waals surface area contributed by atoms with Crippen molar-refractivity contribution in [3.8, 4) is 0 Å². The molecule has 112 valence electrons. The molecule has 0 bridgehead atoms. The number of amides is 1. The number of nitrogens with zero attached hydrogens (tertiary/aromatic N) is 1. The molecule has 2 rings (SSSR count). The lowest BCUT2D eigenvalue weighted by Crippen LogP contribution is -2.27. The van der Waals surface area contributed by atoms with E-state index in [0.717, 1.165) is 25.6 Å². The van der Waals surface area contributed by atoms with E-state index in [4.69, 9.17) is 11.6 Å². The van der Waals surface area contributed by atoms with Crippen LogP contribution in [0.5, 0.6) is 0 Å². The van der Waals surface area contributed by atoms with Gasteiger partial charge in [-0.05, 0) is 43.9 Å². The SMILES string of the molecule is Cc1ccc(C(F)(F)F)c(Cl)c1.O=CN1CCCCC1. The van der Waals surface area contributed by atoms with Gasteiger partial charge in [-0.25, -0.2) is 0 Å². The number of benzene rings is 1. The molecule has 1 amide bonds. The third kappa shape index (κ3) is 5.41. The minimum Gasteiger partial charge on any atom is -0.345 e. The van der Waals surface area contributed by atoms with Crippen LogP contribution in [-0.2, 0) is 11.0 Å². The number of alkyl halides is 3. The van der Waals surface area contributed by atoms with Gasteiger partial charge in [-0.15, -0.1) is 0 Å². The van der Waals surface area contributed by atoms with E-state index < -0.39 is 11.7 Å². The first kappa shape index (κ1) is 16.8. The highest BCUT2D eigenvalue weighted by atomic mass is 35.5. The molecule has 1 aliphatic rings. The van der Waals surface area contributed by atoms with E-state index in [1.54, 1.807) is 6.92 Å². The molecule has 1 aliphatic heterocycles. The smallest absolute Gasteiger partial charge is 0.345 e. The monoisotopic (exact) mass is 307 g/mol. The van der Waals surface area contributed by atoms with Crippen molar-refractivity contribution in [1.29, 1.82) is 0 Å². The third-order valence-corrected chi connectivity index (χ3v) is 3.28. The van der Waals surface area contributed by atoms with Gasteiger partial charge in [0.15, 0.2) is 0 Å². The molecule has 0 saturated carbocycles. The Morgan fingerprint density at radius 3 is 2.20 bits per heavy atom. The first-order chi connectivity index (χ1) is 9.34. The van der Waals surface area contributed by atoms with E-state index >= 15 is 0 Å². The molecule has 1 fully saturated rings. The summed E-state index contributed by atoms with van der Waals surface area (Å²) in [5.74, 6) is 0. The summed E-state index contributed by atoms with van der Waals surface area (Å²) >= 11 is 5.39. The molecule has 1 saturated heterocycles. The summed E-state index contributed by atoms with van der Waals surface area (Å²) in [5, 5.41) is -0.248. The summed E-state index contributed by atoms with van der Waals surface area (Å²) in [6.07, 6.45) is 0.270. The van der Waals surface area contributed by atoms with E-state index in [1.165, 1.54) is 31.4 Å². The maximum Gasteiger partial charge on any atom is 0.417 e. The first-order valence-electron chi connectivity index (χ1n) is 6.37. The standard InChI is InChI=1S/C8H6ClF3.C6H11NO/c1-5-2-3-6(7(9)4-5)8(10,11)12;8-6-7-4-2-1-3-5-7/h2-4H,1H3;6H,1-5H2. The van der Waals surface area contributed by atoms with Crippen molar-refractivity contribution in [3.05, 3.63) is 34.3 Å². The number of hydrogen-bond donors (Lipinski definition) is 0. The number of hydrogen-bond acceptors (Lipinski definition) is 1. The molecule has 0 aromatic heterocycles. The van der Waals surface area contributed by atoms with Crippen LogP contribution in [0.3, 0.4) is 0 Å². The summed E-state index contributed by atoms with van der Waals surface area (Å²) in [5.41, 5.74) is -0.0669. The van der Waals surface area contributed by atoms with E-state index in [-0.39, 0.29) is 5.02 Å². The predicted molar refractivity (Wildman–Crippen MR) is 72.7 cm³/mol. The molecule has 0 atom stereocenters. The predicted octanol–water partition coefficient (Wildman–Crippen LogP) is 4.30. The van der Waals surface area contributed by atoms with Crippen LogP contribution in [0.25, 0.3) is 0 Å². The molecule has 1 aromatic rings. The first-order valence-corrected chi connectivity index (χ1v) is 6.75. The van der Waals surface area contributed by atoms with Crippen LogP contribution in [0.2, 0.25) is 5.02 Å². The lowest BCUT2D eigenvalue weighted by Gasteiger charge is -2.21. The Balaban J connectivity index is 0.000000217. The van der Waals surface area contributed by atoms with Crippen LogP contribution in [-0.4, -0.2) is 24.4 Å². The van der Waals surface area contributed by atoms with Gasteiger partial charge >= 0.3 is 6.18 Å². The molecule has 0 unspecified atom stereocenters. The fraction of sp³-hybridized carbons (Fsp3) is 0.500. The van der Waals surface area contributed by atoms with Gasteiger partial charge in [-0.2, -0.15) is 13.2 Å². The Hall–Kier alpha value is -1.23. The topological polar surface area (TPSA) is 20.3 Å². The van der Waals surface area contributed by atoms with Crippen LogP contribution in [0, 0.1) is 6.92 Å². The van der Waals surface area contributed by atoms with E-state index in [9.17, 15) is 18.0 Å². The largest absolute Gasteiger partial charge is 0.417 e. The fourth-order valence-electron chi connectivity index (χ4n) is 1.87.